The van der Waals surface area contributed by atoms with Gasteiger partial charge in [0.1, 0.15) is 0 Å². The maximum atomic E-state index is 13.1. The van der Waals surface area contributed by atoms with Crippen molar-refractivity contribution in [3.8, 4) is 0 Å². The second-order valence-electron chi connectivity index (χ2n) is 8.32. The number of benzene rings is 1. The van der Waals surface area contributed by atoms with Crippen LogP contribution in [0.5, 0.6) is 0 Å². The zero-order valence-corrected chi connectivity index (χ0v) is 17.1. The number of piperidine rings is 1. The van der Waals surface area contributed by atoms with E-state index in [1.807, 2.05) is 0 Å². The number of hydrogen-bond acceptors (Lipinski definition) is 4. The van der Waals surface area contributed by atoms with E-state index >= 15 is 0 Å². The summed E-state index contributed by atoms with van der Waals surface area (Å²) in [5.41, 5.74) is 9.54. The van der Waals surface area contributed by atoms with Crippen LogP contribution in [-0.2, 0) is 22.4 Å². The predicted octanol–water partition coefficient (Wildman–Crippen LogP) is 2.61. The number of carbonyl (C=O) groups excluding carboxylic acids is 3. The third-order valence-corrected chi connectivity index (χ3v) is 6.06. The number of rotatable bonds is 3. The van der Waals surface area contributed by atoms with E-state index in [1.54, 1.807) is 4.90 Å². The summed E-state index contributed by atoms with van der Waals surface area (Å²) in [5, 5.41) is 2.56. The minimum Gasteiger partial charge on any atom is -0.366 e. The zero-order valence-electron chi connectivity index (χ0n) is 17.1. The van der Waals surface area contributed by atoms with E-state index in [2.05, 4.69) is 35.4 Å². The number of nitrogens with one attached hydrogen (secondary N) is 1. The van der Waals surface area contributed by atoms with E-state index in [1.165, 1.54) is 36.0 Å². The fraction of sp³-hybridized carbons (Fsp3) is 0.391. The smallest absolute Gasteiger partial charge is 0.313 e. The van der Waals surface area contributed by atoms with E-state index in [0.717, 1.165) is 31.2 Å². The van der Waals surface area contributed by atoms with Crippen LogP contribution in [0, 0.1) is 5.92 Å². The van der Waals surface area contributed by atoms with Gasteiger partial charge in [-0.3, -0.25) is 19.4 Å². The Hall–Kier alpha value is -3.22. The molecule has 2 aliphatic rings. The number of aromatic nitrogens is 1. The molecule has 1 aliphatic heterocycles. The van der Waals surface area contributed by atoms with Gasteiger partial charge in [-0.25, -0.2) is 0 Å². The predicted molar refractivity (Wildman–Crippen MR) is 113 cm³/mol. The molecule has 0 saturated carbocycles. The molecule has 1 fully saturated rings. The molecule has 2 atom stereocenters. The summed E-state index contributed by atoms with van der Waals surface area (Å²) in [5.74, 6) is -1.63. The number of nitrogens with two attached hydrogens (primary N) is 1. The van der Waals surface area contributed by atoms with Crippen molar-refractivity contribution < 1.29 is 14.4 Å². The summed E-state index contributed by atoms with van der Waals surface area (Å²) in [6, 6.07) is 7.78. The van der Waals surface area contributed by atoms with Gasteiger partial charge in [0.05, 0.1) is 23.5 Å². The van der Waals surface area contributed by atoms with Gasteiger partial charge in [0.2, 0.25) is 5.91 Å². The highest BCUT2D eigenvalue weighted by atomic mass is 16.2. The van der Waals surface area contributed by atoms with Crippen LogP contribution in [0.15, 0.2) is 36.7 Å². The van der Waals surface area contributed by atoms with Crippen molar-refractivity contribution in [3.05, 3.63) is 58.9 Å². The van der Waals surface area contributed by atoms with Crippen molar-refractivity contribution in [2.45, 2.75) is 45.1 Å². The molecule has 1 aromatic carbocycles. The molecule has 0 bridgehead atoms. The monoisotopic (exact) mass is 406 g/mol. The molecule has 3 amide bonds. The van der Waals surface area contributed by atoms with Crippen LogP contribution in [-0.4, -0.2) is 34.2 Å². The minimum atomic E-state index is -0.737. The Balaban J connectivity index is 1.54. The average Bonchev–Trinajstić information content (AvgIpc) is 3.21. The molecule has 7 heteroatoms. The Labute approximate surface area is 175 Å². The highest BCUT2D eigenvalue weighted by molar-refractivity contribution is 6.39. The van der Waals surface area contributed by atoms with E-state index in [0.29, 0.717) is 12.5 Å². The topological polar surface area (TPSA) is 105 Å². The second-order valence-corrected chi connectivity index (χ2v) is 8.32. The quantitative estimate of drug-likeness (QED) is 0.764. The fourth-order valence-electron chi connectivity index (χ4n) is 4.48. The molecule has 0 spiro atoms. The van der Waals surface area contributed by atoms with Gasteiger partial charge in [-0.05, 0) is 60.8 Å². The number of hydrogen-bond donors (Lipinski definition) is 2. The third kappa shape index (κ3) is 4.06. The van der Waals surface area contributed by atoms with E-state index in [4.69, 9.17) is 5.73 Å². The first-order valence-corrected chi connectivity index (χ1v) is 10.4. The largest absolute Gasteiger partial charge is 0.366 e. The zero-order chi connectivity index (χ0) is 21.3. The lowest BCUT2D eigenvalue weighted by Gasteiger charge is -2.38. The van der Waals surface area contributed by atoms with Crippen LogP contribution in [0.1, 0.15) is 59.3 Å². The van der Waals surface area contributed by atoms with E-state index in [9.17, 15) is 14.4 Å². The Kier molecular flexibility index (Phi) is 5.53. The Morgan fingerprint density at radius 1 is 1.10 bits per heavy atom. The van der Waals surface area contributed by atoms with Crippen molar-refractivity contribution in [1.29, 1.82) is 0 Å². The van der Waals surface area contributed by atoms with Gasteiger partial charge in [0.15, 0.2) is 0 Å². The van der Waals surface area contributed by atoms with Gasteiger partial charge in [-0.2, -0.15) is 0 Å². The normalized spacial score (nSPS) is 20.5. The molecule has 2 heterocycles. The highest BCUT2D eigenvalue weighted by Crippen LogP contribution is 2.35. The van der Waals surface area contributed by atoms with Crippen molar-refractivity contribution in [2.24, 2.45) is 11.7 Å². The van der Waals surface area contributed by atoms with Gasteiger partial charge >= 0.3 is 11.8 Å². The lowest BCUT2D eigenvalue weighted by molar-refractivity contribution is -0.146. The number of anilines is 1. The first-order valence-electron chi connectivity index (χ1n) is 10.4. The lowest BCUT2D eigenvalue weighted by atomic mass is 9.88. The van der Waals surface area contributed by atoms with Gasteiger partial charge in [-0.15, -0.1) is 0 Å². The fourth-order valence-corrected chi connectivity index (χ4v) is 4.48. The standard InChI is InChI=1S/C23H26N4O3/c1-14-5-8-20(17-7-6-15-3-2-4-16(15)9-17)27(13-14)23(30)22(29)26-19-10-18(21(24)28)11-25-12-19/h6-7,9-12,14,20H,2-5,8,13H2,1H3,(H2,24,28)(H,26,29)/t14-,20+/m0/s1. The molecule has 7 nitrogen and oxygen atoms in total. The number of nitrogens with zero attached hydrogens (tertiary/aromatic N) is 2. The molecule has 1 aromatic heterocycles. The lowest BCUT2D eigenvalue weighted by Crippen LogP contribution is -2.46. The first kappa shape index (κ1) is 20.1. The Morgan fingerprint density at radius 3 is 2.70 bits per heavy atom. The molecule has 156 valence electrons. The minimum absolute atomic E-state index is 0.111. The molecule has 1 saturated heterocycles. The summed E-state index contributed by atoms with van der Waals surface area (Å²) in [6.07, 6.45) is 7.90. The number of carbonyl (C=O) groups is 3. The summed E-state index contributed by atoms with van der Waals surface area (Å²) in [4.78, 5) is 42.7. The molecule has 0 unspecified atom stereocenters. The molecule has 2 aromatic rings. The Morgan fingerprint density at radius 2 is 1.90 bits per heavy atom. The van der Waals surface area contributed by atoms with E-state index in [-0.39, 0.29) is 17.3 Å². The number of pyridine rings is 1. The number of likely N-dealkylation sites (tertiary alicyclic amines) is 1. The van der Waals surface area contributed by atoms with Crippen molar-refractivity contribution in [1.82, 2.24) is 9.88 Å². The molecule has 0 radical (unpaired) electrons. The van der Waals surface area contributed by atoms with Gasteiger partial charge < -0.3 is 16.0 Å². The summed E-state index contributed by atoms with van der Waals surface area (Å²) in [7, 11) is 0. The highest BCUT2D eigenvalue weighted by Gasteiger charge is 2.34. The second kappa shape index (κ2) is 8.26. The molecule has 30 heavy (non-hydrogen) atoms. The van der Waals surface area contributed by atoms with Crippen LogP contribution in [0.3, 0.4) is 0 Å². The SMILES string of the molecule is C[C@H]1CC[C@H](c2ccc3c(c2)CCC3)N(C(=O)C(=O)Nc2cncc(C(N)=O)c2)C1. The molecule has 4 rings (SSSR count). The number of fused-ring (bicyclic) bond motifs is 1. The van der Waals surface area contributed by atoms with Gasteiger partial charge in [0.25, 0.3) is 0 Å². The third-order valence-electron chi connectivity index (χ3n) is 6.06. The molecule has 1 aliphatic carbocycles. The van der Waals surface area contributed by atoms with Crippen LogP contribution < -0.4 is 11.1 Å². The summed E-state index contributed by atoms with van der Waals surface area (Å²) in [6.45, 7) is 2.63. The number of primary amides is 1. The van der Waals surface area contributed by atoms with Crippen molar-refractivity contribution in [2.75, 3.05) is 11.9 Å². The van der Waals surface area contributed by atoms with Crippen molar-refractivity contribution >= 4 is 23.4 Å². The molecular weight excluding hydrogens is 380 g/mol. The van der Waals surface area contributed by atoms with E-state index < -0.39 is 17.7 Å². The number of aryl methyl sites for hydroxylation is 2. The first-order chi connectivity index (χ1) is 14.4. The molecule has 3 N–H and O–H groups in total. The average molecular weight is 406 g/mol. The van der Waals surface area contributed by atoms with Crippen LogP contribution >= 0.6 is 0 Å². The maximum absolute atomic E-state index is 13.1. The summed E-state index contributed by atoms with van der Waals surface area (Å²) >= 11 is 0. The maximum Gasteiger partial charge on any atom is 0.313 e. The van der Waals surface area contributed by atoms with Crippen LogP contribution in [0.4, 0.5) is 5.69 Å². The summed E-state index contributed by atoms with van der Waals surface area (Å²) < 4.78 is 0. The van der Waals surface area contributed by atoms with Gasteiger partial charge in [-0.1, -0.05) is 25.1 Å². The van der Waals surface area contributed by atoms with Crippen LogP contribution in [0.2, 0.25) is 0 Å². The number of amides is 3. The van der Waals surface area contributed by atoms with Crippen LogP contribution in [0.25, 0.3) is 0 Å². The Bertz CT molecular complexity index is 1000. The molecular formula is C23H26N4O3. The van der Waals surface area contributed by atoms with Gasteiger partial charge in [0, 0.05) is 12.7 Å². The van der Waals surface area contributed by atoms with Crippen molar-refractivity contribution in [3.63, 3.8) is 0 Å².